The zero-order chi connectivity index (χ0) is 12.6. The van der Waals surface area contributed by atoms with Gasteiger partial charge in [-0.3, -0.25) is 4.79 Å². The molecule has 0 heterocycles. The lowest BCUT2D eigenvalue weighted by Gasteiger charge is -2.15. The molecule has 5 nitrogen and oxygen atoms in total. The predicted octanol–water partition coefficient (Wildman–Crippen LogP) is 0.573. The van der Waals surface area contributed by atoms with Gasteiger partial charge in [0, 0.05) is 13.6 Å². The predicted molar refractivity (Wildman–Crippen MR) is 61.4 cm³/mol. The normalized spacial score (nSPS) is 10.8. The summed E-state index contributed by atoms with van der Waals surface area (Å²) in [5.41, 5.74) is 0. The van der Waals surface area contributed by atoms with E-state index in [1.807, 2.05) is 13.0 Å². The third-order valence-electron chi connectivity index (χ3n) is 2.14. The molecule has 92 valence electrons. The minimum atomic E-state index is -3.29. The van der Waals surface area contributed by atoms with E-state index in [2.05, 4.69) is 0 Å². The number of carbonyl (C=O) groups excluding carboxylic acids is 1. The topological polar surface area (TPSA) is 78.2 Å². The minimum Gasteiger partial charge on any atom is -0.344 e. The van der Waals surface area contributed by atoms with Gasteiger partial charge in [-0.1, -0.05) is 13.3 Å². The first-order chi connectivity index (χ1) is 7.43. The second kappa shape index (κ2) is 7.23. The molecule has 0 bridgehead atoms. The zero-order valence-electron chi connectivity index (χ0n) is 9.77. The summed E-state index contributed by atoms with van der Waals surface area (Å²) >= 11 is 0. The summed E-state index contributed by atoms with van der Waals surface area (Å²) in [5, 5.41) is 8.34. The first-order valence-corrected chi connectivity index (χ1v) is 7.06. The average molecular weight is 246 g/mol. The molecule has 0 unspecified atom stereocenters. The van der Waals surface area contributed by atoms with E-state index in [4.69, 9.17) is 5.26 Å². The molecule has 0 atom stereocenters. The summed E-state index contributed by atoms with van der Waals surface area (Å²) in [6.07, 6.45) is 1.59. The number of sulfone groups is 1. The summed E-state index contributed by atoms with van der Waals surface area (Å²) < 4.78 is 22.9. The minimum absolute atomic E-state index is 0.0569. The number of rotatable bonds is 7. The maximum absolute atomic E-state index is 11.5. The molecule has 0 fully saturated rings. The molecule has 0 aromatic heterocycles. The third kappa shape index (κ3) is 6.40. The fraction of sp³-hybridized carbons (Fsp3) is 0.800. The van der Waals surface area contributed by atoms with Crippen LogP contribution in [0.3, 0.4) is 0 Å². The Morgan fingerprint density at radius 2 is 2.06 bits per heavy atom. The summed E-state index contributed by atoms with van der Waals surface area (Å²) in [6, 6.07) is 1.91. The number of hydrogen-bond acceptors (Lipinski definition) is 4. The van der Waals surface area contributed by atoms with Crippen LogP contribution in [0, 0.1) is 11.3 Å². The number of nitriles is 1. The Morgan fingerprint density at radius 3 is 2.56 bits per heavy atom. The molecule has 0 saturated heterocycles. The summed E-state index contributed by atoms with van der Waals surface area (Å²) in [5.74, 6) is -0.831. The Morgan fingerprint density at radius 1 is 1.44 bits per heavy atom. The van der Waals surface area contributed by atoms with E-state index >= 15 is 0 Å². The van der Waals surface area contributed by atoms with Gasteiger partial charge in [-0.2, -0.15) is 5.26 Å². The van der Waals surface area contributed by atoms with E-state index in [0.29, 0.717) is 6.42 Å². The number of carbonyl (C=O) groups is 1. The average Bonchev–Trinajstić information content (AvgIpc) is 2.22. The van der Waals surface area contributed by atoms with Crippen molar-refractivity contribution in [2.75, 3.05) is 25.1 Å². The zero-order valence-corrected chi connectivity index (χ0v) is 10.6. The van der Waals surface area contributed by atoms with Crippen molar-refractivity contribution in [3.63, 3.8) is 0 Å². The summed E-state index contributed by atoms with van der Waals surface area (Å²) in [6.45, 7) is 2.18. The quantitative estimate of drug-likeness (QED) is 0.658. The number of hydrogen-bond donors (Lipinski definition) is 0. The first-order valence-electron chi connectivity index (χ1n) is 5.24. The van der Waals surface area contributed by atoms with E-state index in [0.717, 1.165) is 6.42 Å². The van der Waals surface area contributed by atoms with Gasteiger partial charge in [0.2, 0.25) is 5.91 Å². The highest BCUT2D eigenvalue weighted by Gasteiger charge is 2.18. The molecule has 0 aromatic carbocycles. The van der Waals surface area contributed by atoms with Crippen molar-refractivity contribution in [2.24, 2.45) is 0 Å². The lowest BCUT2D eigenvalue weighted by atomic mass is 10.4. The van der Waals surface area contributed by atoms with Gasteiger partial charge >= 0.3 is 0 Å². The molecule has 0 N–H and O–H groups in total. The molecule has 0 radical (unpaired) electrons. The molecule has 0 rings (SSSR count). The van der Waals surface area contributed by atoms with E-state index in [1.165, 1.54) is 11.9 Å². The Balaban J connectivity index is 4.18. The Labute approximate surface area is 97.0 Å². The van der Waals surface area contributed by atoms with Crippen LogP contribution in [0.1, 0.15) is 26.2 Å². The number of nitrogens with zero attached hydrogens (tertiary/aromatic N) is 2. The van der Waals surface area contributed by atoms with Gasteiger partial charge in [-0.25, -0.2) is 8.42 Å². The maximum Gasteiger partial charge on any atom is 0.237 e. The van der Waals surface area contributed by atoms with Crippen molar-refractivity contribution in [1.29, 1.82) is 5.26 Å². The van der Waals surface area contributed by atoms with E-state index in [9.17, 15) is 13.2 Å². The largest absolute Gasteiger partial charge is 0.344 e. The van der Waals surface area contributed by atoms with Crippen LogP contribution in [0.25, 0.3) is 0 Å². The lowest BCUT2D eigenvalue weighted by molar-refractivity contribution is -0.127. The van der Waals surface area contributed by atoms with Gasteiger partial charge in [-0.05, 0) is 6.42 Å². The Bertz CT molecular complexity index is 357. The third-order valence-corrected chi connectivity index (χ3v) is 3.73. The highest BCUT2D eigenvalue weighted by molar-refractivity contribution is 7.92. The molecule has 16 heavy (non-hydrogen) atoms. The van der Waals surface area contributed by atoms with E-state index in [1.54, 1.807) is 0 Å². The molecular weight excluding hydrogens is 228 g/mol. The van der Waals surface area contributed by atoms with Gasteiger partial charge < -0.3 is 4.90 Å². The second-order valence-corrected chi connectivity index (χ2v) is 5.85. The van der Waals surface area contributed by atoms with Gasteiger partial charge in [-0.15, -0.1) is 0 Å². The van der Waals surface area contributed by atoms with Crippen LogP contribution in [-0.4, -0.2) is 44.3 Å². The standard InChI is InChI=1S/C10H18N2O3S/c1-3-4-8-16(14,15)9-10(13)12(2)7-5-6-11/h3-5,7-9H2,1-2H3. The van der Waals surface area contributed by atoms with E-state index in [-0.39, 0.29) is 18.7 Å². The van der Waals surface area contributed by atoms with Crippen LogP contribution >= 0.6 is 0 Å². The Kier molecular flexibility index (Phi) is 6.74. The fourth-order valence-corrected chi connectivity index (χ4v) is 2.55. The SMILES string of the molecule is CCCCS(=O)(=O)CC(=O)N(C)CCC#N. The first kappa shape index (κ1) is 14.9. The molecule has 0 aliphatic heterocycles. The Hall–Kier alpha value is -1.09. The number of unbranched alkanes of at least 4 members (excludes halogenated alkanes) is 1. The van der Waals surface area contributed by atoms with Crippen LogP contribution in [0.5, 0.6) is 0 Å². The van der Waals surface area contributed by atoms with Crippen molar-refractivity contribution in [1.82, 2.24) is 4.90 Å². The van der Waals surface area contributed by atoms with Crippen LogP contribution in [0.2, 0.25) is 0 Å². The van der Waals surface area contributed by atoms with E-state index < -0.39 is 21.5 Å². The molecule has 0 aromatic rings. The van der Waals surface area contributed by atoms with Crippen molar-refractivity contribution >= 4 is 15.7 Å². The van der Waals surface area contributed by atoms with Gasteiger partial charge in [0.05, 0.1) is 18.2 Å². The molecule has 0 saturated carbocycles. The number of amides is 1. The highest BCUT2D eigenvalue weighted by atomic mass is 32.2. The van der Waals surface area contributed by atoms with Crippen LogP contribution in [-0.2, 0) is 14.6 Å². The molecular formula is C10H18N2O3S. The summed E-state index contributed by atoms with van der Waals surface area (Å²) in [4.78, 5) is 12.7. The summed E-state index contributed by atoms with van der Waals surface area (Å²) in [7, 11) is -1.78. The van der Waals surface area contributed by atoms with Crippen molar-refractivity contribution in [2.45, 2.75) is 26.2 Å². The van der Waals surface area contributed by atoms with Crippen LogP contribution < -0.4 is 0 Å². The van der Waals surface area contributed by atoms with Crippen molar-refractivity contribution in [3.8, 4) is 6.07 Å². The molecule has 6 heteroatoms. The van der Waals surface area contributed by atoms with Crippen LogP contribution in [0.15, 0.2) is 0 Å². The fourth-order valence-electron chi connectivity index (χ4n) is 1.08. The van der Waals surface area contributed by atoms with Gasteiger partial charge in [0.25, 0.3) is 0 Å². The second-order valence-electron chi connectivity index (χ2n) is 3.67. The van der Waals surface area contributed by atoms with Crippen molar-refractivity contribution in [3.05, 3.63) is 0 Å². The van der Waals surface area contributed by atoms with Crippen LogP contribution in [0.4, 0.5) is 0 Å². The van der Waals surface area contributed by atoms with Gasteiger partial charge in [0.15, 0.2) is 9.84 Å². The molecule has 0 aliphatic rings. The highest BCUT2D eigenvalue weighted by Crippen LogP contribution is 1.99. The lowest BCUT2D eigenvalue weighted by Crippen LogP contribution is -2.33. The molecule has 1 amide bonds. The smallest absolute Gasteiger partial charge is 0.237 e. The maximum atomic E-state index is 11.5. The monoisotopic (exact) mass is 246 g/mol. The van der Waals surface area contributed by atoms with Crippen molar-refractivity contribution < 1.29 is 13.2 Å². The molecule has 0 spiro atoms. The van der Waals surface area contributed by atoms with Gasteiger partial charge in [0.1, 0.15) is 5.75 Å². The molecule has 0 aliphatic carbocycles.